The van der Waals surface area contributed by atoms with Crippen molar-refractivity contribution in [1.29, 1.82) is 10.8 Å². The summed E-state index contributed by atoms with van der Waals surface area (Å²) in [6.07, 6.45) is 0. The van der Waals surface area contributed by atoms with E-state index in [-0.39, 0.29) is 0 Å². The van der Waals surface area contributed by atoms with Crippen molar-refractivity contribution in [2.75, 3.05) is 13.2 Å². The van der Waals surface area contributed by atoms with Gasteiger partial charge in [-0.25, -0.2) is 0 Å². The molecule has 0 aliphatic rings. The molecule has 3 heteroatoms. The molecule has 9 heavy (non-hydrogen) atoms. The summed E-state index contributed by atoms with van der Waals surface area (Å²) in [6, 6.07) is 0. The minimum absolute atomic E-state index is 0.343. The standard InChI is InChI=1S/C6H12N2O/c1-5(7)3-9-4-6(2)8/h7-8H,3-4H2,1-2H3. The molecule has 0 fully saturated rings. The third-order valence-corrected chi connectivity index (χ3v) is 0.637. The Bertz CT molecular complexity index is 106. The summed E-state index contributed by atoms with van der Waals surface area (Å²) in [4.78, 5) is 0. The Morgan fingerprint density at radius 3 is 1.67 bits per heavy atom. The fourth-order valence-corrected chi connectivity index (χ4v) is 0.357. The van der Waals surface area contributed by atoms with E-state index < -0.39 is 0 Å². The normalized spacial score (nSPS) is 9.11. The van der Waals surface area contributed by atoms with Gasteiger partial charge in [-0.05, 0) is 13.8 Å². The lowest BCUT2D eigenvalue weighted by molar-refractivity contribution is 0.213. The van der Waals surface area contributed by atoms with Gasteiger partial charge in [0, 0.05) is 11.4 Å². The lowest BCUT2D eigenvalue weighted by atomic mass is 10.4. The average molecular weight is 128 g/mol. The summed E-state index contributed by atoms with van der Waals surface area (Å²) in [5, 5.41) is 13.9. The van der Waals surface area contributed by atoms with Crippen LogP contribution in [-0.4, -0.2) is 24.6 Å². The molecule has 0 saturated heterocycles. The van der Waals surface area contributed by atoms with Gasteiger partial charge >= 0.3 is 0 Å². The second kappa shape index (κ2) is 4.21. The molecule has 0 bridgehead atoms. The van der Waals surface area contributed by atoms with Crippen LogP contribution in [0.5, 0.6) is 0 Å². The van der Waals surface area contributed by atoms with Gasteiger partial charge in [-0.3, -0.25) is 0 Å². The van der Waals surface area contributed by atoms with E-state index in [2.05, 4.69) is 0 Å². The first-order valence-corrected chi connectivity index (χ1v) is 2.78. The molecule has 0 aliphatic carbocycles. The predicted molar refractivity (Wildman–Crippen MR) is 37.6 cm³/mol. The highest BCUT2D eigenvalue weighted by molar-refractivity contribution is 5.82. The van der Waals surface area contributed by atoms with Crippen molar-refractivity contribution in [3.8, 4) is 0 Å². The van der Waals surface area contributed by atoms with Gasteiger partial charge in [-0.1, -0.05) is 0 Å². The van der Waals surface area contributed by atoms with E-state index in [9.17, 15) is 0 Å². The van der Waals surface area contributed by atoms with Crippen LogP contribution in [0.1, 0.15) is 13.8 Å². The summed E-state index contributed by atoms with van der Waals surface area (Å²) in [6.45, 7) is 4.05. The summed E-state index contributed by atoms with van der Waals surface area (Å²) in [5.74, 6) is 0. The minimum atomic E-state index is 0.343. The first-order chi connectivity index (χ1) is 4.13. The topological polar surface area (TPSA) is 56.9 Å². The number of nitrogens with one attached hydrogen (secondary N) is 2. The molecule has 0 aromatic heterocycles. The predicted octanol–water partition coefficient (Wildman–Crippen LogP) is 1.08. The second-order valence-electron chi connectivity index (χ2n) is 2.05. The SMILES string of the molecule is CC(=N)COCC(C)=N. The molecule has 0 aliphatic heterocycles. The second-order valence-corrected chi connectivity index (χ2v) is 2.05. The Hall–Kier alpha value is -0.700. The van der Waals surface area contributed by atoms with E-state index in [1.165, 1.54) is 0 Å². The molecule has 0 saturated carbocycles. The van der Waals surface area contributed by atoms with Gasteiger partial charge in [0.05, 0.1) is 13.2 Å². The summed E-state index contributed by atoms with van der Waals surface area (Å²) in [5.41, 5.74) is 0.993. The van der Waals surface area contributed by atoms with E-state index >= 15 is 0 Å². The van der Waals surface area contributed by atoms with E-state index in [0.29, 0.717) is 24.6 Å². The third kappa shape index (κ3) is 7.30. The Kier molecular flexibility index (Phi) is 3.88. The maximum absolute atomic E-state index is 6.94. The fourth-order valence-electron chi connectivity index (χ4n) is 0.357. The summed E-state index contributed by atoms with van der Waals surface area (Å²) in [7, 11) is 0. The fraction of sp³-hybridized carbons (Fsp3) is 0.667. The minimum Gasteiger partial charge on any atom is -0.370 e. The smallest absolute Gasteiger partial charge is 0.0843 e. The van der Waals surface area contributed by atoms with Crippen LogP contribution in [0.3, 0.4) is 0 Å². The number of hydrogen-bond acceptors (Lipinski definition) is 3. The van der Waals surface area contributed by atoms with Gasteiger partial charge in [0.2, 0.25) is 0 Å². The number of rotatable bonds is 4. The van der Waals surface area contributed by atoms with Crippen LogP contribution in [0.2, 0.25) is 0 Å². The van der Waals surface area contributed by atoms with Crippen molar-refractivity contribution in [2.45, 2.75) is 13.8 Å². The van der Waals surface area contributed by atoms with Crippen molar-refractivity contribution in [3.63, 3.8) is 0 Å². The van der Waals surface area contributed by atoms with Crippen molar-refractivity contribution in [3.05, 3.63) is 0 Å². The molecular formula is C6H12N2O. The first kappa shape index (κ1) is 8.30. The van der Waals surface area contributed by atoms with Crippen LogP contribution in [-0.2, 0) is 4.74 Å². The van der Waals surface area contributed by atoms with Gasteiger partial charge in [0.1, 0.15) is 0 Å². The molecule has 0 aromatic rings. The summed E-state index contributed by atoms with van der Waals surface area (Å²) < 4.78 is 4.91. The van der Waals surface area contributed by atoms with E-state index in [0.717, 1.165) is 0 Å². The lowest BCUT2D eigenvalue weighted by Gasteiger charge is -1.98. The third-order valence-electron chi connectivity index (χ3n) is 0.637. The van der Waals surface area contributed by atoms with E-state index in [4.69, 9.17) is 15.6 Å². The highest BCUT2D eigenvalue weighted by Crippen LogP contribution is 1.77. The lowest BCUT2D eigenvalue weighted by Crippen LogP contribution is -2.08. The molecule has 0 amide bonds. The molecule has 0 rings (SSSR count). The zero-order valence-corrected chi connectivity index (χ0v) is 5.82. The van der Waals surface area contributed by atoms with Crippen molar-refractivity contribution in [1.82, 2.24) is 0 Å². The first-order valence-electron chi connectivity index (χ1n) is 2.78. The van der Waals surface area contributed by atoms with Crippen LogP contribution < -0.4 is 0 Å². The molecule has 3 nitrogen and oxygen atoms in total. The maximum Gasteiger partial charge on any atom is 0.0843 e. The van der Waals surface area contributed by atoms with Crippen molar-refractivity contribution >= 4 is 11.4 Å². The molecule has 0 radical (unpaired) electrons. The molecule has 52 valence electrons. The Balaban J connectivity index is 3.10. The maximum atomic E-state index is 6.94. The zero-order valence-electron chi connectivity index (χ0n) is 5.82. The summed E-state index contributed by atoms with van der Waals surface area (Å²) >= 11 is 0. The Labute approximate surface area is 55.0 Å². The van der Waals surface area contributed by atoms with Crippen LogP contribution in [0.25, 0.3) is 0 Å². The quantitative estimate of drug-likeness (QED) is 0.547. The van der Waals surface area contributed by atoms with Crippen LogP contribution in [0.4, 0.5) is 0 Å². The van der Waals surface area contributed by atoms with Gasteiger partial charge in [0.15, 0.2) is 0 Å². The highest BCUT2D eigenvalue weighted by Gasteiger charge is 1.89. The average Bonchev–Trinajstić information content (AvgIpc) is 1.63. The van der Waals surface area contributed by atoms with E-state index in [1.54, 1.807) is 13.8 Å². The number of hydrogen-bond donors (Lipinski definition) is 2. The van der Waals surface area contributed by atoms with Crippen molar-refractivity contribution < 1.29 is 4.74 Å². The van der Waals surface area contributed by atoms with Crippen LogP contribution in [0, 0.1) is 10.8 Å². The molecular weight excluding hydrogens is 116 g/mol. The molecule has 2 N–H and O–H groups in total. The van der Waals surface area contributed by atoms with E-state index in [1.807, 2.05) is 0 Å². The molecule has 0 heterocycles. The van der Waals surface area contributed by atoms with Gasteiger partial charge in [-0.2, -0.15) is 0 Å². The highest BCUT2D eigenvalue weighted by atomic mass is 16.5. The molecule has 0 spiro atoms. The zero-order chi connectivity index (χ0) is 7.28. The molecule has 0 aromatic carbocycles. The largest absolute Gasteiger partial charge is 0.370 e. The Morgan fingerprint density at radius 2 is 1.44 bits per heavy atom. The Morgan fingerprint density at radius 1 is 1.11 bits per heavy atom. The van der Waals surface area contributed by atoms with Gasteiger partial charge < -0.3 is 15.6 Å². The molecule has 0 unspecified atom stereocenters. The van der Waals surface area contributed by atoms with Crippen LogP contribution in [0.15, 0.2) is 0 Å². The van der Waals surface area contributed by atoms with Crippen molar-refractivity contribution in [2.24, 2.45) is 0 Å². The number of ether oxygens (including phenoxy) is 1. The molecule has 0 atom stereocenters. The monoisotopic (exact) mass is 128 g/mol. The van der Waals surface area contributed by atoms with Crippen LogP contribution >= 0.6 is 0 Å². The van der Waals surface area contributed by atoms with Gasteiger partial charge in [-0.15, -0.1) is 0 Å². The van der Waals surface area contributed by atoms with Gasteiger partial charge in [0.25, 0.3) is 0 Å².